The normalized spacial score (nSPS) is 11.7. The molecule has 1 N–H and O–H groups in total. The summed E-state index contributed by atoms with van der Waals surface area (Å²) in [5, 5.41) is 14.1. The summed E-state index contributed by atoms with van der Waals surface area (Å²) in [5.41, 5.74) is -0.00646. The second kappa shape index (κ2) is 3.76. The van der Waals surface area contributed by atoms with Crippen LogP contribution < -0.4 is 0 Å². The van der Waals surface area contributed by atoms with Gasteiger partial charge < -0.3 is 9.84 Å². The molecule has 17 heavy (non-hydrogen) atoms. The molecule has 1 aromatic heterocycles. The molecule has 0 bridgehead atoms. The number of hydrogen-bond donors (Lipinski definition) is 1. The summed E-state index contributed by atoms with van der Waals surface area (Å²) in [6, 6.07) is 4.73. The molecule has 0 aliphatic rings. The molecule has 0 aliphatic carbocycles. The zero-order chi connectivity index (χ0) is 12.6. The molecular weight excluding hydrogens is 220 g/mol. The van der Waals surface area contributed by atoms with Crippen molar-refractivity contribution in [2.24, 2.45) is 0 Å². The highest BCUT2D eigenvalue weighted by molar-refractivity contribution is 5.83. The number of nitrogens with zero attached hydrogens (tertiary/aromatic N) is 2. The molecule has 0 spiro atoms. The monoisotopic (exact) mass is 234 g/mol. The molecule has 0 atom stereocenters. The third kappa shape index (κ3) is 2.55. The maximum absolute atomic E-state index is 11.7. The number of ether oxygens (including phenoxy) is 1. The van der Waals surface area contributed by atoms with Gasteiger partial charge in [-0.1, -0.05) is 0 Å². The second-order valence-electron chi connectivity index (χ2n) is 4.80. The Morgan fingerprint density at radius 3 is 2.76 bits per heavy atom. The Morgan fingerprint density at radius 2 is 2.12 bits per heavy atom. The van der Waals surface area contributed by atoms with Crippen molar-refractivity contribution in [1.29, 1.82) is 0 Å². The van der Waals surface area contributed by atoms with E-state index in [9.17, 15) is 9.90 Å². The van der Waals surface area contributed by atoms with Crippen molar-refractivity contribution in [2.75, 3.05) is 0 Å². The van der Waals surface area contributed by atoms with Crippen LogP contribution in [-0.4, -0.2) is 26.6 Å². The van der Waals surface area contributed by atoms with E-state index in [0.29, 0.717) is 5.52 Å². The lowest BCUT2D eigenvalue weighted by Crippen LogP contribution is -2.27. The Kier molecular flexibility index (Phi) is 2.53. The zero-order valence-electron chi connectivity index (χ0n) is 9.97. The molecule has 1 heterocycles. The third-order valence-electron chi connectivity index (χ3n) is 2.07. The number of carbonyl (C=O) groups is 1. The highest BCUT2D eigenvalue weighted by Crippen LogP contribution is 2.18. The molecule has 1 aromatic carbocycles. The van der Waals surface area contributed by atoms with E-state index in [4.69, 9.17) is 4.74 Å². The summed E-state index contributed by atoms with van der Waals surface area (Å²) < 4.78 is 6.32. The number of hydrogen-bond acceptors (Lipinski definition) is 4. The van der Waals surface area contributed by atoms with Crippen molar-refractivity contribution in [3.63, 3.8) is 0 Å². The predicted molar refractivity (Wildman–Crippen MR) is 63.0 cm³/mol. The minimum atomic E-state index is -0.558. The fraction of sp³-hybridized carbons (Fsp3) is 0.333. The molecule has 2 rings (SSSR count). The molecule has 2 aromatic rings. The molecule has 90 valence electrons. The summed E-state index contributed by atoms with van der Waals surface area (Å²) in [6.07, 6.45) is 1.04. The molecule has 0 amide bonds. The highest BCUT2D eigenvalue weighted by atomic mass is 16.6. The lowest BCUT2D eigenvalue weighted by atomic mass is 10.2. The Balaban J connectivity index is 2.33. The standard InChI is InChI=1S/C12H14N2O3/c1-12(2,3)17-11(16)14-7-8-4-5-9(15)6-10(8)13-14/h4-7,15H,1-3H3. The topological polar surface area (TPSA) is 64.3 Å². The average Bonchev–Trinajstić information content (AvgIpc) is 2.57. The molecule has 0 saturated carbocycles. The average molecular weight is 234 g/mol. The number of carbonyl (C=O) groups excluding carboxylic acids is 1. The van der Waals surface area contributed by atoms with Gasteiger partial charge in [0, 0.05) is 17.6 Å². The van der Waals surface area contributed by atoms with Crippen LogP contribution in [0.1, 0.15) is 20.8 Å². The minimum Gasteiger partial charge on any atom is -0.508 e. The van der Waals surface area contributed by atoms with E-state index >= 15 is 0 Å². The first-order valence-electron chi connectivity index (χ1n) is 5.27. The fourth-order valence-electron chi connectivity index (χ4n) is 1.41. The maximum Gasteiger partial charge on any atom is 0.435 e. The molecule has 0 aliphatic heterocycles. The van der Waals surface area contributed by atoms with Gasteiger partial charge in [-0.25, -0.2) is 4.79 Å². The minimum absolute atomic E-state index is 0.118. The summed E-state index contributed by atoms with van der Waals surface area (Å²) in [6.45, 7) is 5.37. The van der Waals surface area contributed by atoms with Gasteiger partial charge in [0.25, 0.3) is 0 Å². The van der Waals surface area contributed by atoms with Crippen molar-refractivity contribution in [3.05, 3.63) is 24.4 Å². The van der Waals surface area contributed by atoms with Crippen LogP contribution in [0.15, 0.2) is 24.4 Å². The van der Waals surface area contributed by atoms with Gasteiger partial charge in [0.15, 0.2) is 0 Å². The molecule has 5 heteroatoms. The van der Waals surface area contributed by atoms with E-state index < -0.39 is 11.7 Å². The molecular formula is C12H14N2O3. The summed E-state index contributed by atoms with van der Waals surface area (Å²) in [5.74, 6) is 0.118. The Morgan fingerprint density at radius 1 is 1.41 bits per heavy atom. The van der Waals surface area contributed by atoms with Crippen LogP contribution in [0.2, 0.25) is 0 Å². The van der Waals surface area contributed by atoms with Gasteiger partial charge in [-0.3, -0.25) is 0 Å². The second-order valence-corrected chi connectivity index (χ2v) is 4.80. The largest absolute Gasteiger partial charge is 0.508 e. The van der Waals surface area contributed by atoms with Gasteiger partial charge in [-0.05, 0) is 32.9 Å². The van der Waals surface area contributed by atoms with Crippen molar-refractivity contribution in [2.45, 2.75) is 26.4 Å². The van der Waals surface area contributed by atoms with Gasteiger partial charge >= 0.3 is 6.09 Å². The van der Waals surface area contributed by atoms with Crippen LogP contribution in [0.25, 0.3) is 10.9 Å². The number of phenols is 1. The van der Waals surface area contributed by atoms with Crippen LogP contribution in [0.4, 0.5) is 4.79 Å². The Hall–Kier alpha value is -2.04. The lowest BCUT2D eigenvalue weighted by molar-refractivity contribution is 0.0515. The van der Waals surface area contributed by atoms with Crippen molar-refractivity contribution < 1.29 is 14.6 Å². The van der Waals surface area contributed by atoms with Gasteiger partial charge in [0.05, 0.1) is 5.52 Å². The number of rotatable bonds is 0. The van der Waals surface area contributed by atoms with E-state index in [-0.39, 0.29) is 5.75 Å². The van der Waals surface area contributed by atoms with Gasteiger partial charge in [-0.15, -0.1) is 0 Å². The van der Waals surface area contributed by atoms with Crippen LogP contribution in [-0.2, 0) is 4.74 Å². The number of phenolic OH excluding ortho intramolecular Hbond substituents is 1. The molecule has 0 fully saturated rings. The van der Waals surface area contributed by atoms with E-state index in [2.05, 4.69) is 5.10 Å². The van der Waals surface area contributed by atoms with E-state index in [1.165, 1.54) is 6.07 Å². The molecule has 0 saturated heterocycles. The van der Waals surface area contributed by atoms with Crippen LogP contribution in [0, 0.1) is 0 Å². The van der Waals surface area contributed by atoms with E-state index in [1.807, 2.05) is 0 Å². The van der Waals surface area contributed by atoms with Crippen LogP contribution in [0.3, 0.4) is 0 Å². The Labute approximate surface area is 98.6 Å². The molecule has 5 nitrogen and oxygen atoms in total. The summed E-state index contributed by atoms with van der Waals surface area (Å²) >= 11 is 0. The molecule has 0 radical (unpaired) electrons. The fourth-order valence-corrected chi connectivity index (χ4v) is 1.41. The van der Waals surface area contributed by atoms with E-state index in [0.717, 1.165) is 10.1 Å². The molecule has 0 unspecified atom stereocenters. The van der Waals surface area contributed by atoms with Crippen molar-refractivity contribution in [1.82, 2.24) is 9.78 Å². The Bertz CT molecular complexity index is 567. The number of aromatic nitrogens is 2. The van der Waals surface area contributed by atoms with Crippen LogP contribution in [0.5, 0.6) is 5.75 Å². The first-order chi connectivity index (χ1) is 7.85. The van der Waals surface area contributed by atoms with Gasteiger partial charge in [-0.2, -0.15) is 9.78 Å². The SMILES string of the molecule is CC(C)(C)OC(=O)n1cc2ccc(O)cc2n1. The zero-order valence-corrected chi connectivity index (χ0v) is 9.97. The quantitative estimate of drug-likeness (QED) is 0.760. The number of fused-ring (bicyclic) bond motifs is 1. The summed E-state index contributed by atoms with van der Waals surface area (Å²) in [7, 11) is 0. The predicted octanol–water partition coefficient (Wildman–Crippen LogP) is 2.53. The van der Waals surface area contributed by atoms with Crippen molar-refractivity contribution >= 4 is 17.0 Å². The first-order valence-corrected chi connectivity index (χ1v) is 5.27. The highest BCUT2D eigenvalue weighted by Gasteiger charge is 2.18. The number of aromatic hydroxyl groups is 1. The number of benzene rings is 1. The first kappa shape index (κ1) is 11.4. The van der Waals surface area contributed by atoms with Crippen molar-refractivity contribution in [3.8, 4) is 5.75 Å². The lowest BCUT2D eigenvalue weighted by Gasteiger charge is -2.18. The van der Waals surface area contributed by atoms with E-state index in [1.54, 1.807) is 39.1 Å². The van der Waals surface area contributed by atoms with Crippen LogP contribution >= 0.6 is 0 Å². The van der Waals surface area contributed by atoms with Gasteiger partial charge in [0.1, 0.15) is 11.4 Å². The smallest absolute Gasteiger partial charge is 0.435 e. The third-order valence-corrected chi connectivity index (χ3v) is 2.07. The maximum atomic E-state index is 11.7. The summed E-state index contributed by atoms with van der Waals surface area (Å²) in [4.78, 5) is 11.7. The van der Waals surface area contributed by atoms with Gasteiger partial charge in [0.2, 0.25) is 0 Å².